The largest absolute Gasteiger partial charge is 0.466 e. The van der Waals surface area contributed by atoms with Crippen LogP contribution in [-0.4, -0.2) is 24.6 Å². The molecule has 1 heterocycles. The standard InChI is InChI=1S/C12H18O4/c1-10-8-9-15-11(13)6-4-2-3-5-7-12(14)16-10/h2-3,10H,4-9H2,1H3/b3-2+/t10-/m0/s1. The van der Waals surface area contributed by atoms with Gasteiger partial charge in [-0.3, -0.25) is 9.59 Å². The summed E-state index contributed by atoms with van der Waals surface area (Å²) in [5, 5.41) is 0. The molecule has 0 saturated carbocycles. The van der Waals surface area contributed by atoms with Crippen molar-refractivity contribution in [2.45, 2.75) is 45.1 Å². The molecule has 0 spiro atoms. The van der Waals surface area contributed by atoms with Gasteiger partial charge in [0.25, 0.3) is 0 Å². The number of hydrogen-bond acceptors (Lipinski definition) is 4. The minimum atomic E-state index is -0.192. The number of carbonyl (C=O) groups excluding carboxylic acids is 2. The van der Waals surface area contributed by atoms with Crippen molar-refractivity contribution in [3.8, 4) is 0 Å². The van der Waals surface area contributed by atoms with Crippen LogP contribution < -0.4 is 0 Å². The Hall–Kier alpha value is -1.32. The Bertz CT molecular complexity index is 270. The summed E-state index contributed by atoms with van der Waals surface area (Å²) in [4.78, 5) is 22.5. The van der Waals surface area contributed by atoms with E-state index in [1.807, 2.05) is 12.2 Å². The van der Waals surface area contributed by atoms with Gasteiger partial charge in [0.2, 0.25) is 0 Å². The van der Waals surface area contributed by atoms with Crippen molar-refractivity contribution in [3.05, 3.63) is 12.2 Å². The van der Waals surface area contributed by atoms with Crippen molar-refractivity contribution in [3.63, 3.8) is 0 Å². The third-order valence-corrected chi connectivity index (χ3v) is 2.32. The second-order valence-electron chi connectivity index (χ2n) is 3.86. The van der Waals surface area contributed by atoms with E-state index in [-0.39, 0.29) is 18.0 Å². The average molecular weight is 226 g/mol. The molecule has 0 saturated heterocycles. The lowest BCUT2D eigenvalue weighted by Crippen LogP contribution is -2.17. The number of allylic oxidation sites excluding steroid dienone is 2. The van der Waals surface area contributed by atoms with Gasteiger partial charge in [-0.05, 0) is 19.8 Å². The minimum absolute atomic E-state index is 0.190. The Labute approximate surface area is 95.6 Å². The van der Waals surface area contributed by atoms with E-state index in [1.54, 1.807) is 6.92 Å². The fourth-order valence-corrected chi connectivity index (χ4v) is 1.39. The lowest BCUT2D eigenvalue weighted by atomic mass is 10.2. The van der Waals surface area contributed by atoms with Gasteiger partial charge in [0.1, 0.15) is 6.10 Å². The Morgan fingerprint density at radius 2 is 1.75 bits per heavy atom. The smallest absolute Gasteiger partial charge is 0.306 e. The molecule has 0 fully saturated rings. The third-order valence-electron chi connectivity index (χ3n) is 2.32. The molecule has 4 nitrogen and oxygen atoms in total. The first kappa shape index (κ1) is 12.7. The molecule has 1 aliphatic rings. The fraction of sp³-hybridized carbons (Fsp3) is 0.667. The first-order chi connectivity index (χ1) is 7.68. The maximum atomic E-state index is 11.3. The summed E-state index contributed by atoms with van der Waals surface area (Å²) in [7, 11) is 0. The highest BCUT2D eigenvalue weighted by molar-refractivity contribution is 5.70. The van der Waals surface area contributed by atoms with E-state index >= 15 is 0 Å². The molecule has 1 atom stereocenters. The number of cyclic esters (lactones) is 2. The van der Waals surface area contributed by atoms with Gasteiger partial charge in [0, 0.05) is 19.3 Å². The lowest BCUT2D eigenvalue weighted by Gasteiger charge is -2.12. The normalized spacial score (nSPS) is 26.7. The van der Waals surface area contributed by atoms with Gasteiger partial charge in [-0.2, -0.15) is 0 Å². The molecular weight excluding hydrogens is 208 g/mol. The van der Waals surface area contributed by atoms with Crippen LogP contribution in [0.3, 0.4) is 0 Å². The molecule has 1 aliphatic heterocycles. The van der Waals surface area contributed by atoms with Crippen molar-refractivity contribution >= 4 is 11.9 Å². The van der Waals surface area contributed by atoms with Gasteiger partial charge >= 0.3 is 11.9 Å². The third kappa shape index (κ3) is 5.53. The minimum Gasteiger partial charge on any atom is -0.466 e. The molecular formula is C12H18O4. The summed E-state index contributed by atoms with van der Waals surface area (Å²) < 4.78 is 10.1. The monoisotopic (exact) mass is 226 g/mol. The summed E-state index contributed by atoms with van der Waals surface area (Å²) in [6.45, 7) is 2.12. The van der Waals surface area contributed by atoms with E-state index in [1.165, 1.54) is 0 Å². The molecule has 0 aromatic carbocycles. The van der Waals surface area contributed by atoms with Crippen LogP contribution in [0.4, 0.5) is 0 Å². The maximum Gasteiger partial charge on any atom is 0.306 e. The van der Waals surface area contributed by atoms with Crippen LogP contribution >= 0.6 is 0 Å². The van der Waals surface area contributed by atoms with Gasteiger partial charge in [0.15, 0.2) is 0 Å². The van der Waals surface area contributed by atoms with Gasteiger partial charge in [-0.15, -0.1) is 0 Å². The highest BCUT2D eigenvalue weighted by atomic mass is 16.6. The van der Waals surface area contributed by atoms with Crippen LogP contribution in [0.25, 0.3) is 0 Å². The van der Waals surface area contributed by atoms with Crippen molar-refractivity contribution in [1.82, 2.24) is 0 Å². The SMILES string of the molecule is C[C@H]1CCOC(=O)CC/C=C/CCC(=O)O1. The predicted octanol–water partition coefficient (Wildman–Crippen LogP) is 1.98. The van der Waals surface area contributed by atoms with Crippen LogP contribution in [0.1, 0.15) is 39.0 Å². The fourth-order valence-electron chi connectivity index (χ4n) is 1.39. The summed E-state index contributed by atoms with van der Waals surface area (Å²) in [5.41, 5.74) is 0. The first-order valence-corrected chi connectivity index (χ1v) is 5.68. The van der Waals surface area contributed by atoms with Gasteiger partial charge < -0.3 is 9.47 Å². The highest BCUT2D eigenvalue weighted by Gasteiger charge is 2.10. The van der Waals surface area contributed by atoms with E-state index in [9.17, 15) is 9.59 Å². The van der Waals surface area contributed by atoms with E-state index < -0.39 is 0 Å². The Morgan fingerprint density at radius 3 is 2.44 bits per heavy atom. The number of carbonyl (C=O) groups is 2. The number of rotatable bonds is 0. The van der Waals surface area contributed by atoms with E-state index in [0.717, 1.165) is 0 Å². The van der Waals surface area contributed by atoms with Crippen molar-refractivity contribution in [2.75, 3.05) is 6.61 Å². The molecule has 0 aliphatic carbocycles. The average Bonchev–Trinajstić information content (AvgIpc) is 2.23. The van der Waals surface area contributed by atoms with Gasteiger partial charge in [-0.25, -0.2) is 0 Å². The van der Waals surface area contributed by atoms with Crippen molar-refractivity contribution in [1.29, 1.82) is 0 Å². The molecule has 90 valence electrons. The molecule has 0 aromatic heterocycles. The topological polar surface area (TPSA) is 52.6 Å². The Kier molecular flexibility index (Phi) is 5.61. The number of esters is 2. The second kappa shape index (κ2) is 7.04. The molecule has 16 heavy (non-hydrogen) atoms. The van der Waals surface area contributed by atoms with E-state index in [4.69, 9.17) is 9.47 Å². The van der Waals surface area contributed by atoms with Crippen LogP contribution in [0, 0.1) is 0 Å². The number of hydrogen-bond donors (Lipinski definition) is 0. The maximum absolute atomic E-state index is 11.3. The molecule has 1 rings (SSSR count). The van der Waals surface area contributed by atoms with E-state index in [0.29, 0.717) is 38.7 Å². The van der Waals surface area contributed by atoms with Crippen LogP contribution in [0.2, 0.25) is 0 Å². The summed E-state index contributed by atoms with van der Waals surface area (Å²) in [6, 6.07) is 0. The molecule has 0 radical (unpaired) electrons. The van der Waals surface area contributed by atoms with Crippen molar-refractivity contribution < 1.29 is 19.1 Å². The van der Waals surface area contributed by atoms with Crippen LogP contribution in [0.5, 0.6) is 0 Å². The van der Waals surface area contributed by atoms with Crippen molar-refractivity contribution in [2.24, 2.45) is 0 Å². The first-order valence-electron chi connectivity index (χ1n) is 5.68. The Morgan fingerprint density at radius 1 is 1.12 bits per heavy atom. The zero-order chi connectivity index (χ0) is 11.8. The molecule has 0 unspecified atom stereocenters. The molecule has 0 N–H and O–H groups in total. The summed E-state index contributed by atoms with van der Waals surface area (Å²) in [6.07, 6.45) is 6.31. The van der Waals surface area contributed by atoms with Gasteiger partial charge in [-0.1, -0.05) is 12.2 Å². The Balaban J connectivity index is 2.44. The van der Waals surface area contributed by atoms with E-state index in [2.05, 4.69) is 0 Å². The number of ether oxygens (including phenoxy) is 2. The molecule has 0 amide bonds. The molecule has 0 bridgehead atoms. The second-order valence-corrected chi connectivity index (χ2v) is 3.86. The molecule has 0 aromatic rings. The summed E-state index contributed by atoms with van der Waals surface area (Å²) >= 11 is 0. The summed E-state index contributed by atoms with van der Waals surface area (Å²) in [5.74, 6) is -0.384. The van der Waals surface area contributed by atoms with Crippen LogP contribution in [-0.2, 0) is 19.1 Å². The van der Waals surface area contributed by atoms with Crippen LogP contribution in [0.15, 0.2) is 12.2 Å². The highest BCUT2D eigenvalue weighted by Crippen LogP contribution is 2.05. The molecule has 4 heteroatoms. The van der Waals surface area contributed by atoms with Gasteiger partial charge in [0.05, 0.1) is 6.61 Å². The zero-order valence-electron chi connectivity index (χ0n) is 9.61. The quantitative estimate of drug-likeness (QED) is 0.468. The lowest BCUT2D eigenvalue weighted by molar-refractivity contribution is -0.150. The zero-order valence-corrected chi connectivity index (χ0v) is 9.61. The predicted molar refractivity (Wildman–Crippen MR) is 58.7 cm³/mol.